The molecule has 2 aromatic heterocycles. The fraction of sp³-hybridized carbons (Fsp3) is 0.741. The Morgan fingerprint density at radius 3 is 2.50 bits per heavy atom. The van der Waals surface area contributed by atoms with Crippen LogP contribution in [0.25, 0.3) is 11.3 Å². The van der Waals surface area contributed by atoms with E-state index >= 15 is 0 Å². The van der Waals surface area contributed by atoms with Crippen LogP contribution in [0.1, 0.15) is 75.8 Å². The largest absolute Gasteiger partial charge is 0.377 e. The van der Waals surface area contributed by atoms with E-state index in [1.807, 2.05) is 11.6 Å². The van der Waals surface area contributed by atoms with Gasteiger partial charge < -0.3 is 23.8 Å². The average Bonchev–Trinajstić information content (AvgIpc) is 3.63. The molecule has 2 unspecified atom stereocenters. The summed E-state index contributed by atoms with van der Waals surface area (Å²) in [6.07, 6.45) is 8.68. The molecule has 7 rings (SSSR count). The first-order valence-electron chi connectivity index (χ1n) is 14.3. The summed E-state index contributed by atoms with van der Waals surface area (Å²) < 4.78 is 53.3. The third kappa shape index (κ3) is 4.68. The Hall–Kier alpha value is -1.39. The molecule has 1 spiro atoms. The smallest absolute Gasteiger partial charge is 0.249 e. The van der Waals surface area contributed by atoms with Crippen LogP contribution in [0.3, 0.4) is 0 Å². The summed E-state index contributed by atoms with van der Waals surface area (Å²) in [5.41, 5.74) is 2.62. The van der Waals surface area contributed by atoms with Crippen molar-refractivity contribution in [2.45, 2.75) is 87.0 Å². The van der Waals surface area contributed by atoms with Crippen LogP contribution < -0.4 is 4.90 Å². The van der Waals surface area contributed by atoms with Crippen LogP contribution in [-0.2, 0) is 34.2 Å². The van der Waals surface area contributed by atoms with Gasteiger partial charge in [0.1, 0.15) is 20.8 Å². The SMILES string of the molecule is C[C@@]1(OC2CCCCO2)COCCN(c2nc(S(C)(=O)=O)nc3c2-c2nn(C4CCCCO4)c(I)c2C32CC2)C1. The van der Waals surface area contributed by atoms with Gasteiger partial charge in [0, 0.05) is 37.0 Å². The highest BCUT2D eigenvalue weighted by atomic mass is 127. The van der Waals surface area contributed by atoms with Crippen molar-refractivity contribution in [3.05, 3.63) is 15.0 Å². The summed E-state index contributed by atoms with van der Waals surface area (Å²) in [6.45, 7) is 5.37. The highest BCUT2D eigenvalue weighted by Crippen LogP contribution is 2.64. The summed E-state index contributed by atoms with van der Waals surface area (Å²) in [7, 11) is -3.65. The Balaban J connectivity index is 1.34. The van der Waals surface area contributed by atoms with Gasteiger partial charge in [0.15, 0.2) is 12.5 Å². The number of hydrogen-bond acceptors (Lipinski definition) is 10. The van der Waals surface area contributed by atoms with Crippen molar-refractivity contribution in [2.24, 2.45) is 0 Å². The maximum atomic E-state index is 12.8. The predicted molar refractivity (Wildman–Crippen MR) is 154 cm³/mol. The maximum absolute atomic E-state index is 12.8. The van der Waals surface area contributed by atoms with Crippen molar-refractivity contribution >= 4 is 38.2 Å². The van der Waals surface area contributed by atoms with Gasteiger partial charge in [-0.25, -0.2) is 23.1 Å². The first-order valence-corrected chi connectivity index (χ1v) is 17.3. The Morgan fingerprint density at radius 1 is 1.05 bits per heavy atom. The highest BCUT2D eigenvalue weighted by molar-refractivity contribution is 14.1. The minimum atomic E-state index is -3.65. The summed E-state index contributed by atoms with van der Waals surface area (Å²) in [5, 5.41) is 5.00. The molecule has 40 heavy (non-hydrogen) atoms. The quantitative estimate of drug-likeness (QED) is 0.342. The van der Waals surface area contributed by atoms with Crippen molar-refractivity contribution in [3.63, 3.8) is 0 Å². The van der Waals surface area contributed by atoms with Crippen LogP contribution in [0.2, 0.25) is 0 Å². The zero-order valence-electron chi connectivity index (χ0n) is 23.0. The molecule has 0 amide bonds. The zero-order chi connectivity index (χ0) is 27.7. The first-order chi connectivity index (χ1) is 19.2. The molecule has 4 fully saturated rings. The predicted octanol–water partition coefficient (Wildman–Crippen LogP) is 3.58. The lowest BCUT2D eigenvalue weighted by Crippen LogP contribution is -2.48. The minimum Gasteiger partial charge on any atom is -0.377 e. The van der Waals surface area contributed by atoms with E-state index in [1.54, 1.807) is 0 Å². The zero-order valence-corrected chi connectivity index (χ0v) is 26.0. The number of halogens is 1. The van der Waals surface area contributed by atoms with Gasteiger partial charge in [-0.3, -0.25) is 0 Å². The second kappa shape index (κ2) is 10.1. The number of rotatable bonds is 5. The van der Waals surface area contributed by atoms with E-state index in [9.17, 15) is 8.42 Å². The number of fused-ring (bicyclic) bond motifs is 5. The van der Waals surface area contributed by atoms with Crippen molar-refractivity contribution in [2.75, 3.05) is 50.7 Å². The molecule has 0 bridgehead atoms. The molecule has 218 valence electrons. The topological polar surface area (TPSA) is 118 Å². The first kappa shape index (κ1) is 27.4. The number of hydrogen-bond donors (Lipinski definition) is 0. The molecule has 0 N–H and O–H groups in total. The number of sulfone groups is 1. The normalized spacial score (nSPS) is 29.7. The van der Waals surface area contributed by atoms with Gasteiger partial charge in [-0.15, -0.1) is 0 Å². The van der Waals surface area contributed by atoms with E-state index < -0.39 is 15.4 Å². The number of aromatic nitrogens is 4. The molecule has 1 saturated carbocycles. The molecule has 5 aliphatic rings. The second-order valence-corrected chi connectivity index (χ2v) is 15.0. The van der Waals surface area contributed by atoms with Crippen LogP contribution in [0.5, 0.6) is 0 Å². The summed E-state index contributed by atoms with van der Waals surface area (Å²) in [4.78, 5) is 11.6. The van der Waals surface area contributed by atoms with Crippen LogP contribution in [0.4, 0.5) is 5.82 Å². The molecule has 3 saturated heterocycles. The van der Waals surface area contributed by atoms with Crippen LogP contribution in [0, 0.1) is 3.70 Å². The molecule has 2 aliphatic carbocycles. The fourth-order valence-corrected chi connectivity index (χ4v) is 8.30. The van der Waals surface area contributed by atoms with Gasteiger partial charge >= 0.3 is 0 Å². The third-order valence-electron chi connectivity index (χ3n) is 8.69. The van der Waals surface area contributed by atoms with E-state index in [2.05, 4.69) is 27.5 Å². The lowest BCUT2D eigenvalue weighted by Gasteiger charge is -2.37. The van der Waals surface area contributed by atoms with Gasteiger partial charge in [-0.05, 0) is 80.9 Å². The van der Waals surface area contributed by atoms with Crippen molar-refractivity contribution in [1.29, 1.82) is 0 Å². The van der Waals surface area contributed by atoms with Crippen molar-refractivity contribution in [3.8, 4) is 11.3 Å². The Morgan fingerprint density at radius 2 is 1.82 bits per heavy atom. The van der Waals surface area contributed by atoms with E-state index in [4.69, 9.17) is 34.0 Å². The molecule has 2 aromatic rings. The summed E-state index contributed by atoms with van der Waals surface area (Å²) in [5.74, 6) is 0.589. The minimum absolute atomic E-state index is 0.0936. The average molecular weight is 686 g/mol. The number of nitrogens with zero attached hydrogens (tertiary/aromatic N) is 5. The number of ether oxygens (including phenoxy) is 4. The molecule has 0 aromatic carbocycles. The van der Waals surface area contributed by atoms with Gasteiger partial charge in [0.05, 0.1) is 31.0 Å². The highest BCUT2D eigenvalue weighted by Gasteiger charge is 2.59. The molecule has 0 radical (unpaired) electrons. The van der Waals surface area contributed by atoms with E-state index in [0.29, 0.717) is 38.7 Å². The van der Waals surface area contributed by atoms with Crippen LogP contribution >= 0.6 is 22.6 Å². The van der Waals surface area contributed by atoms with Crippen LogP contribution in [-0.4, -0.2) is 85.8 Å². The fourth-order valence-electron chi connectivity index (χ4n) is 6.60. The van der Waals surface area contributed by atoms with Gasteiger partial charge in [0.2, 0.25) is 15.0 Å². The van der Waals surface area contributed by atoms with E-state index in [-0.39, 0.29) is 23.1 Å². The lowest BCUT2D eigenvalue weighted by molar-refractivity contribution is -0.227. The third-order valence-corrected chi connectivity index (χ3v) is 10.6. The van der Waals surface area contributed by atoms with Crippen LogP contribution in [0.15, 0.2) is 5.16 Å². The Labute approximate surface area is 248 Å². The van der Waals surface area contributed by atoms with Crippen molar-refractivity contribution < 1.29 is 27.4 Å². The van der Waals surface area contributed by atoms with Gasteiger partial charge in [-0.1, -0.05) is 0 Å². The van der Waals surface area contributed by atoms with Crippen molar-refractivity contribution in [1.82, 2.24) is 19.7 Å². The molecule has 11 nitrogen and oxygen atoms in total. The van der Waals surface area contributed by atoms with Gasteiger partial charge in [-0.2, -0.15) is 5.10 Å². The molecule has 5 heterocycles. The van der Waals surface area contributed by atoms with Gasteiger partial charge in [0.25, 0.3) is 0 Å². The molecular formula is C27H36IN5O6S. The second-order valence-electron chi connectivity index (χ2n) is 12.0. The van der Waals surface area contributed by atoms with E-state index in [1.165, 1.54) is 6.26 Å². The maximum Gasteiger partial charge on any atom is 0.249 e. The lowest BCUT2D eigenvalue weighted by atomic mass is 10.00. The molecule has 3 aliphatic heterocycles. The number of anilines is 1. The summed E-state index contributed by atoms with van der Waals surface area (Å²) >= 11 is 2.39. The standard InChI is InChI=1S/C27H36IN5O6S/c1-26(39-18-8-4-6-13-38-18)15-32(11-14-36-16-26)24-19-21-20(23(28)33(31-21)17-7-3-5-12-37-17)27(9-10-27)22(19)29-25(30-24)40(2,34)35/h17-18H,3-16H2,1-2H3/t17?,18?,26-/m0/s1. The Bertz CT molecular complexity index is 1420. The summed E-state index contributed by atoms with van der Waals surface area (Å²) in [6, 6.07) is 0. The molecular weight excluding hydrogens is 649 g/mol. The molecule has 13 heteroatoms. The monoisotopic (exact) mass is 685 g/mol. The molecule has 3 atom stereocenters. The Kier molecular flexibility index (Phi) is 6.94. The van der Waals surface area contributed by atoms with E-state index in [0.717, 1.165) is 84.2 Å².